The molecule has 0 fully saturated rings. The lowest BCUT2D eigenvalue weighted by Crippen LogP contribution is -2.01. The predicted molar refractivity (Wildman–Crippen MR) is 132 cm³/mol. The first-order chi connectivity index (χ1) is 15.6. The number of para-hydroxylation sites is 1. The monoisotopic (exact) mass is 437 g/mol. The Bertz CT molecular complexity index is 1540. The van der Waals surface area contributed by atoms with Crippen molar-refractivity contribution in [3.05, 3.63) is 108 Å². The van der Waals surface area contributed by atoms with Crippen molar-refractivity contribution in [2.24, 2.45) is 0 Å². The summed E-state index contributed by atoms with van der Waals surface area (Å²) in [6.45, 7) is 3.10. The largest absolute Gasteiger partial charge is 0.341 e. The van der Waals surface area contributed by atoms with Crippen LogP contribution in [0.5, 0.6) is 0 Å². The van der Waals surface area contributed by atoms with Crippen LogP contribution in [0.15, 0.2) is 107 Å². The van der Waals surface area contributed by atoms with Crippen LogP contribution in [0, 0.1) is 0 Å². The molecule has 0 aliphatic carbocycles. The van der Waals surface area contributed by atoms with Crippen LogP contribution in [0.1, 0.15) is 18.1 Å². The van der Waals surface area contributed by atoms with Crippen LogP contribution in [0.2, 0.25) is 0 Å². The Labute approximate surface area is 188 Å². The Morgan fingerprint density at radius 1 is 0.656 bits per heavy atom. The zero-order valence-electron chi connectivity index (χ0n) is 17.8. The van der Waals surface area contributed by atoms with Gasteiger partial charge in [0.15, 0.2) is 0 Å². The van der Waals surface area contributed by atoms with Crippen LogP contribution in [-0.2, 0) is 16.4 Å². The van der Waals surface area contributed by atoms with Crippen molar-refractivity contribution in [2.45, 2.75) is 23.3 Å². The molecule has 5 aromatic rings. The molecule has 1 aromatic heterocycles. The summed E-state index contributed by atoms with van der Waals surface area (Å²) in [5.41, 5.74) is 4.55. The fourth-order valence-electron chi connectivity index (χ4n) is 4.20. The number of hydrogen-bond donors (Lipinski definition) is 0. The Balaban J connectivity index is 1.45. The van der Waals surface area contributed by atoms with E-state index in [4.69, 9.17) is 0 Å². The minimum Gasteiger partial charge on any atom is -0.341 e. The lowest BCUT2D eigenvalue weighted by atomic mass is 10.1. The van der Waals surface area contributed by atoms with Gasteiger partial charge in [-0.15, -0.1) is 0 Å². The van der Waals surface area contributed by atoms with Crippen molar-refractivity contribution in [3.63, 3.8) is 0 Å². The van der Waals surface area contributed by atoms with E-state index in [0.29, 0.717) is 9.79 Å². The smallest absolute Gasteiger partial charge is 0.206 e. The second-order valence-electron chi connectivity index (χ2n) is 7.76. The standard InChI is InChI=1S/C28H23NO2S/c1-2-29-27-11-7-6-10-25(27)26-20-22(16-19-28(26)29)13-12-21-14-17-24(18-15-21)32(30,31)23-8-4-3-5-9-23/h3-20H,2H2,1H3. The summed E-state index contributed by atoms with van der Waals surface area (Å²) in [5, 5.41) is 2.50. The van der Waals surface area contributed by atoms with E-state index in [1.54, 1.807) is 36.4 Å². The summed E-state index contributed by atoms with van der Waals surface area (Å²) in [4.78, 5) is 0.609. The van der Waals surface area contributed by atoms with Gasteiger partial charge in [-0.3, -0.25) is 0 Å². The first-order valence-electron chi connectivity index (χ1n) is 10.7. The average Bonchev–Trinajstić information content (AvgIpc) is 3.16. The molecule has 0 saturated carbocycles. The molecule has 0 spiro atoms. The third kappa shape index (κ3) is 3.53. The Morgan fingerprint density at radius 2 is 1.25 bits per heavy atom. The topological polar surface area (TPSA) is 39.1 Å². The summed E-state index contributed by atoms with van der Waals surface area (Å²) >= 11 is 0. The van der Waals surface area contributed by atoms with E-state index in [2.05, 4.69) is 60.0 Å². The number of sulfone groups is 1. The van der Waals surface area contributed by atoms with Gasteiger partial charge in [-0.2, -0.15) is 0 Å². The molecule has 0 atom stereocenters. The van der Waals surface area contributed by atoms with E-state index < -0.39 is 9.84 Å². The fraction of sp³-hybridized carbons (Fsp3) is 0.0714. The normalized spacial score (nSPS) is 12.2. The summed E-state index contributed by atoms with van der Waals surface area (Å²) < 4.78 is 27.9. The molecule has 3 nitrogen and oxygen atoms in total. The van der Waals surface area contributed by atoms with Crippen molar-refractivity contribution in [2.75, 3.05) is 0 Å². The van der Waals surface area contributed by atoms with Crippen LogP contribution in [0.25, 0.3) is 34.0 Å². The molecule has 0 bridgehead atoms. The maximum absolute atomic E-state index is 12.8. The fourth-order valence-corrected chi connectivity index (χ4v) is 5.48. The highest BCUT2D eigenvalue weighted by Gasteiger charge is 2.16. The first kappa shape index (κ1) is 20.3. The summed E-state index contributed by atoms with van der Waals surface area (Å²) in [6.07, 6.45) is 4.08. The molecule has 32 heavy (non-hydrogen) atoms. The van der Waals surface area contributed by atoms with E-state index in [0.717, 1.165) is 17.7 Å². The van der Waals surface area contributed by atoms with Crippen LogP contribution < -0.4 is 0 Å². The molecule has 0 aliphatic heterocycles. The lowest BCUT2D eigenvalue weighted by molar-refractivity contribution is 0.596. The van der Waals surface area contributed by atoms with Crippen molar-refractivity contribution in [1.29, 1.82) is 0 Å². The zero-order valence-corrected chi connectivity index (χ0v) is 18.6. The number of fused-ring (bicyclic) bond motifs is 3. The SMILES string of the molecule is CCn1c2ccccc2c2cc(C=Cc3ccc(S(=O)(=O)c4ccccc4)cc3)ccc21. The van der Waals surface area contributed by atoms with Crippen molar-refractivity contribution in [3.8, 4) is 0 Å². The molecule has 4 aromatic carbocycles. The molecule has 0 radical (unpaired) electrons. The highest BCUT2D eigenvalue weighted by molar-refractivity contribution is 7.91. The van der Waals surface area contributed by atoms with Crippen LogP contribution in [0.3, 0.4) is 0 Å². The van der Waals surface area contributed by atoms with Gasteiger partial charge < -0.3 is 4.57 Å². The second-order valence-corrected chi connectivity index (χ2v) is 9.71. The van der Waals surface area contributed by atoms with Crippen molar-refractivity contribution in [1.82, 2.24) is 4.57 Å². The van der Waals surface area contributed by atoms with Crippen molar-refractivity contribution < 1.29 is 8.42 Å². The predicted octanol–water partition coefficient (Wildman–Crippen LogP) is 6.82. The quantitative estimate of drug-likeness (QED) is 0.283. The van der Waals surface area contributed by atoms with Crippen LogP contribution >= 0.6 is 0 Å². The highest BCUT2D eigenvalue weighted by Crippen LogP contribution is 2.30. The first-order valence-corrected chi connectivity index (χ1v) is 12.2. The summed E-state index contributed by atoms with van der Waals surface area (Å²) in [6, 6.07) is 30.5. The second kappa shape index (κ2) is 8.13. The van der Waals surface area contributed by atoms with Gasteiger partial charge in [0.05, 0.1) is 9.79 Å². The third-order valence-electron chi connectivity index (χ3n) is 5.82. The molecular weight excluding hydrogens is 414 g/mol. The third-order valence-corrected chi connectivity index (χ3v) is 7.61. The number of benzene rings is 4. The zero-order chi connectivity index (χ0) is 22.1. The van der Waals surface area contributed by atoms with Gasteiger partial charge in [0, 0.05) is 28.4 Å². The highest BCUT2D eigenvalue weighted by atomic mass is 32.2. The number of rotatable bonds is 5. The molecule has 0 unspecified atom stereocenters. The van der Waals surface area contributed by atoms with E-state index in [1.807, 2.05) is 24.3 Å². The number of aromatic nitrogens is 1. The van der Waals surface area contributed by atoms with Crippen LogP contribution in [-0.4, -0.2) is 13.0 Å². The van der Waals surface area contributed by atoms with E-state index in [-0.39, 0.29) is 0 Å². The van der Waals surface area contributed by atoms with Crippen LogP contribution in [0.4, 0.5) is 0 Å². The van der Waals surface area contributed by atoms with Gasteiger partial charge in [-0.05, 0) is 60.5 Å². The van der Waals surface area contributed by atoms with Gasteiger partial charge in [0.1, 0.15) is 0 Å². The molecule has 0 N–H and O–H groups in total. The van der Waals surface area contributed by atoms with Gasteiger partial charge >= 0.3 is 0 Å². The lowest BCUT2D eigenvalue weighted by Gasteiger charge is -2.05. The Hall–Kier alpha value is -3.63. The molecule has 1 heterocycles. The minimum atomic E-state index is -3.49. The number of hydrogen-bond acceptors (Lipinski definition) is 2. The molecular formula is C28H23NO2S. The van der Waals surface area contributed by atoms with E-state index in [9.17, 15) is 8.42 Å². The molecule has 0 aliphatic rings. The molecule has 158 valence electrons. The molecule has 5 rings (SSSR count). The van der Waals surface area contributed by atoms with Gasteiger partial charge in [-0.1, -0.05) is 66.7 Å². The number of nitrogens with zero attached hydrogens (tertiary/aromatic N) is 1. The Morgan fingerprint density at radius 3 is 2.00 bits per heavy atom. The summed E-state index contributed by atoms with van der Waals surface area (Å²) in [7, 11) is -3.49. The van der Waals surface area contributed by atoms with Crippen molar-refractivity contribution >= 4 is 43.8 Å². The van der Waals surface area contributed by atoms with E-state index >= 15 is 0 Å². The van der Waals surface area contributed by atoms with Gasteiger partial charge in [0.2, 0.25) is 9.84 Å². The Kier molecular flexibility index (Phi) is 5.16. The summed E-state index contributed by atoms with van der Waals surface area (Å²) in [5.74, 6) is 0. The van der Waals surface area contributed by atoms with Gasteiger partial charge in [-0.25, -0.2) is 8.42 Å². The minimum absolute atomic E-state index is 0.301. The number of aryl methyl sites for hydroxylation is 1. The molecule has 0 amide bonds. The maximum Gasteiger partial charge on any atom is 0.206 e. The van der Waals surface area contributed by atoms with E-state index in [1.165, 1.54) is 21.8 Å². The average molecular weight is 438 g/mol. The molecule has 0 saturated heterocycles. The van der Waals surface area contributed by atoms with Gasteiger partial charge in [0.25, 0.3) is 0 Å². The maximum atomic E-state index is 12.8. The molecule has 4 heteroatoms.